The fourth-order valence-corrected chi connectivity index (χ4v) is 4.88. The van der Waals surface area contributed by atoms with Crippen LogP contribution in [0.2, 0.25) is 0 Å². The molecular weight excluding hydrogens is 438 g/mol. The molecule has 0 saturated carbocycles. The highest BCUT2D eigenvalue weighted by Crippen LogP contribution is 2.27. The van der Waals surface area contributed by atoms with E-state index in [0.29, 0.717) is 12.4 Å². The number of carboxylic acids is 1. The third-order valence-corrected chi connectivity index (χ3v) is 7.11. The van der Waals surface area contributed by atoms with Gasteiger partial charge in [-0.2, -0.15) is 0 Å². The van der Waals surface area contributed by atoms with Gasteiger partial charge in [-0.1, -0.05) is 69.3 Å². The van der Waals surface area contributed by atoms with E-state index < -0.39 is 21.2 Å². The van der Waals surface area contributed by atoms with E-state index in [-0.39, 0.29) is 22.5 Å². The van der Waals surface area contributed by atoms with Crippen molar-refractivity contribution in [2.45, 2.75) is 43.0 Å². The first-order valence-electron chi connectivity index (χ1n) is 10.6. The lowest BCUT2D eigenvalue weighted by Crippen LogP contribution is -2.29. The van der Waals surface area contributed by atoms with E-state index in [4.69, 9.17) is 5.11 Å². The number of carbonyl (C=O) groups is 1. The van der Waals surface area contributed by atoms with E-state index in [1.54, 1.807) is 48.5 Å². The molecule has 0 aliphatic carbocycles. The SMILES string of the molecule is CC(C)(C)c1ccc(CNC(c2cccc(NCC(=O)O)n2)S(=O)(=O)c2ccccc2)cc1. The van der Waals surface area contributed by atoms with Crippen LogP contribution < -0.4 is 10.6 Å². The van der Waals surface area contributed by atoms with Gasteiger partial charge >= 0.3 is 5.97 Å². The maximum Gasteiger partial charge on any atom is 0.322 e. The standard InChI is InChI=1S/C25H29N3O4S/c1-25(2,3)19-14-12-18(13-15-19)16-27-24(33(31,32)20-8-5-4-6-9-20)21-10-7-11-22(28-21)26-17-23(29)30/h4-15,24,27H,16-17H2,1-3H3,(H,26,28)(H,29,30). The number of sulfone groups is 1. The molecule has 3 N–H and O–H groups in total. The molecule has 0 radical (unpaired) electrons. The molecule has 0 aliphatic rings. The summed E-state index contributed by atoms with van der Waals surface area (Å²) in [5.74, 6) is -0.744. The molecule has 0 saturated heterocycles. The first-order chi connectivity index (χ1) is 15.6. The van der Waals surface area contributed by atoms with Gasteiger partial charge in [0.05, 0.1) is 10.6 Å². The first kappa shape index (κ1) is 24.4. The normalized spacial score (nSPS) is 12.8. The number of hydrogen-bond acceptors (Lipinski definition) is 6. The molecule has 3 aromatic rings. The summed E-state index contributed by atoms with van der Waals surface area (Å²) in [5, 5.41) is 13.6. The number of carboxylic acid groups (broad SMARTS) is 1. The number of rotatable bonds is 9. The highest BCUT2D eigenvalue weighted by Gasteiger charge is 2.30. The number of aromatic nitrogens is 1. The molecular formula is C25H29N3O4S. The molecule has 0 spiro atoms. The summed E-state index contributed by atoms with van der Waals surface area (Å²) >= 11 is 0. The van der Waals surface area contributed by atoms with Crippen LogP contribution in [0.15, 0.2) is 77.7 Å². The molecule has 1 unspecified atom stereocenters. The van der Waals surface area contributed by atoms with Crippen molar-refractivity contribution in [1.82, 2.24) is 10.3 Å². The summed E-state index contributed by atoms with van der Waals surface area (Å²) in [7, 11) is -3.82. The van der Waals surface area contributed by atoms with Gasteiger partial charge in [-0.15, -0.1) is 0 Å². The average Bonchev–Trinajstić information content (AvgIpc) is 2.78. The quantitative estimate of drug-likeness (QED) is 0.434. The summed E-state index contributed by atoms with van der Waals surface area (Å²) in [6, 6.07) is 21.1. The number of hydrogen-bond donors (Lipinski definition) is 3. The smallest absolute Gasteiger partial charge is 0.322 e. The van der Waals surface area contributed by atoms with Gasteiger partial charge < -0.3 is 10.4 Å². The van der Waals surface area contributed by atoms with Crippen molar-refractivity contribution >= 4 is 21.6 Å². The molecule has 1 atom stereocenters. The van der Waals surface area contributed by atoms with E-state index >= 15 is 0 Å². The van der Waals surface area contributed by atoms with Gasteiger partial charge in [-0.25, -0.2) is 13.4 Å². The van der Waals surface area contributed by atoms with Crippen LogP contribution >= 0.6 is 0 Å². The summed E-state index contributed by atoms with van der Waals surface area (Å²) in [6.45, 7) is 6.41. The Labute approximate surface area is 194 Å². The van der Waals surface area contributed by atoms with Gasteiger partial charge in [0, 0.05) is 6.54 Å². The first-order valence-corrected chi connectivity index (χ1v) is 12.2. The number of nitrogens with one attached hydrogen (secondary N) is 2. The van der Waals surface area contributed by atoms with Crippen LogP contribution in [0.4, 0.5) is 5.82 Å². The Kier molecular flexibility index (Phi) is 7.50. The highest BCUT2D eigenvalue weighted by molar-refractivity contribution is 7.91. The lowest BCUT2D eigenvalue weighted by molar-refractivity contribution is -0.134. The summed E-state index contributed by atoms with van der Waals surface area (Å²) < 4.78 is 27.0. The third-order valence-electron chi connectivity index (χ3n) is 5.15. The van der Waals surface area contributed by atoms with Crippen LogP contribution in [0.3, 0.4) is 0 Å². The van der Waals surface area contributed by atoms with Crippen molar-refractivity contribution in [1.29, 1.82) is 0 Å². The van der Waals surface area contributed by atoms with Crippen LogP contribution in [0.5, 0.6) is 0 Å². The molecule has 0 fully saturated rings. The monoisotopic (exact) mass is 467 g/mol. The largest absolute Gasteiger partial charge is 0.480 e. The zero-order chi connectivity index (χ0) is 24.1. The number of nitrogens with zero attached hydrogens (tertiary/aromatic N) is 1. The minimum Gasteiger partial charge on any atom is -0.480 e. The fourth-order valence-electron chi connectivity index (χ4n) is 3.31. The van der Waals surface area contributed by atoms with Gasteiger partial charge in [0.25, 0.3) is 0 Å². The molecule has 1 heterocycles. The van der Waals surface area contributed by atoms with Crippen LogP contribution in [-0.4, -0.2) is 31.0 Å². The van der Waals surface area contributed by atoms with E-state index in [2.05, 4.69) is 36.4 Å². The van der Waals surface area contributed by atoms with Crippen molar-refractivity contribution in [2.75, 3.05) is 11.9 Å². The molecule has 0 amide bonds. The molecule has 3 rings (SSSR count). The molecule has 0 bridgehead atoms. The molecule has 174 valence electrons. The van der Waals surface area contributed by atoms with Crippen molar-refractivity contribution in [3.05, 3.63) is 89.6 Å². The van der Waals surface area contributed by atoms with Gasteiger partial charge in [0.15, 0.2) is 15.2 Å². The molecule has 0 aliphatic heterocycles. The molecule has 7 nitrogen and oxygen atoms in total. The second-order valence-electron chi connectivity index (χ2n) is 8.76. The Hall–Kier alpha value is -3.23. The van der Waals surface area contributed by atoms with Crippen molar-refractivity contribution in [3.63, 3.8) is 0 Å². The number of aliphatic carboxylic acids is 1. The third kappa shape index (κ3) is 6.40. The van der Waals surface area contributed by atoms with Crippen LogP contribution in [0.25, 0.3) is 0 Å². The van der Waals surface area contributed by atoms with Crippen LogP contribution in [0, 0.1) is 0 Å². The summed E-state index contributed by atoms with van der Waals surface area (Å²) in [5.41, 5.74) is 2.44. The van der Waals surface area contributed by atoms with E-state index in [9.17, 15) is 13.2 Å². The van der Waals surface area contributed by atoms with Crippen LogP contribution in [0.1, 0.15) is 43.0 Å². The average molecular weight is 468 g/mol. The molecule has 33 heavy (non-hydrogen) atoms. The van der Waals surface area contributed by atoms with E-state index in [1.807, 2.05) is 24.3 Å². The molecule has 1 aromatic heterocycles. The second kappa shape index (κ2) is 10.1. The topological polar surface area (TPSA) is 108 Å². The predicted octanol–water partition coefficient (Wildman–Crippen LogP) is 4.14. The predicted molar refractivity (Wildman–Crippen MR) is 129 cm³/mol. The fraction of sp³-hybridized carbons (Fsp3) is 0.280. The number of benzene rings is 2. The molecule has 2 aromatic carbocycles. The minimum absolute atomic E-state index is 0.0262. The molecule has 8 heteroatoms. The van der Waals surface area contributed by atoms with Crippen LogP contribution in [-0.2, 0) is 26.6 Å². The Morgan fingerprint density at radius 2 is 1.64 bits per heavy atom. The van der Waals surface area contributed by atoms with Gasteiger partial charge in [-0.05, 0) is 40.8 Å². The van der Waals surface area contributed by atoms with Crippen molar-refractivity contribution < 1.29 is 18.3 Å². The van der Waals surface area contributed by atoms with Gasteiger partial charge in [0.2, 0.25) is 0 Å². The lowest BCUT2D eigenvalue weighted by atomic mass is 9.87. The van der Waals surface area contributed by atoms with Crippen molar-refractivity contribution in [2.24, 2.45) is 0 Å². The maximum absolute atomic E-state index is 13.5. The van der Waals surface area contributed by atoms with E-state index in [1.165, 1.54) is 5.56 Å². The minimum atomic E-state index is -3.82. The van der Waals surface area contributed by atoms with Gasteiger partial charge in [-0.3, -0.25) is 10.1 Å². The summed E-state index contributed by atoms with van der Waals surface area (Å²) in [6.07, 6.45) is 0. The summed E-state index contributed by atoms with van der Waals surface area (Å²) in [4.78, 5) is 15.4. The van der Waals surface area contributed by atoms with Gasteiger partial charge in [0.1, 0.15) is 12.4 Å². The second-order valence-corrected chi connectivity index (χ2v) is 10.8. The maximum atomic E-state index is 13.5. The number of anilines is 1. The van der Waals surface area contributed by atoms with E-state index in [0.717, 1.165) is 5.56 Å². The number of pyridine rings is 1. The highest BCUT2D eigenvalue weighted by atomic mass is 32.2. The Bertz CT molecular complexity index is 1190. The lowest BCUT2D eigenvalue weighted by Gasteiger charge is -2.21. The zero-order valence-corrected chi connectivity index (χ0v) is 19.8. The van der Waals surface area contributed by atoms with Crippen molar-refractivity contribution in [3.8, 4) is 0 Å². The zero-order valence-electron chi connectivity index (χ0n) is 18.9. The Morgan fingerprint density at radius 3 is 2.24 bits per heavy atom. The Balaban J connectivity index is 1.91. The Morgan fingerprint density at radius 1 is 0.970 bits per heavy atom.